The lowest BCUT2D eigenvalue weighted by Crippen LogP contribution is -2.43. The highest BCUT2D eigenvalue weighted by Gasteiger charge is 2.24. The van der Waals surface area contributed by atoms with Gasteiger partial charge in [-0.05, 0) is 38.1 Å². The predicted molar refractivity (Wildman–Crippen MR) is 58.2 cm³/mol. The van der Waals surface area contributed by atoms with E-state index in [4.69, 9.17) is 0 Å². The Kier molecular flexibility index (Phi) is 3.82. The molecule has 14 heavy (non-hydrogen) atoms. The van der Waals surface area contributed by atoms with Gasteiger partial charge in [0.25, 0.3) is 0 Å². The molecular weight excluding hydrogens is 174 g/mol. The Hall–Kier alpha value is -0.0800. The summed E-state index contributed by atoms with van der Waals surface area (Å²) in [6.07, 6.45) is 10.2. The lowest BCUT2D eigenvalue weighted by Gasteiger charge is -2.29. The summed E-state index contributed by atoms with van der Waals surface area (Å²) in [5, 5.41) is 13.3. The minimum atomic E-state index is -0.0786. The molecular formula is C12H23NO. The van der Waals surface area contributed by atoms with Gasteiger partial charge >= 0.3 is 0 Å². The summed E-state index contributed by atoms with van der Waals surface area (Å²) in [5.41, 5.74) is 0. The summed E-state index contributed by atoms with van der Waals surface area (Å²) < 4.78 is 0. The van der Waals surface area contributed by atoms with E-state index < -0.39 is 0 Å². The average Bonchev–Trinajstić information content (AvgIpc) is 2.69. The van der Waals surface area contributed by atoms with E-state index in [1.807, 2.05) is 0 Å². The molecule has 0 spiro atoms. The Morgan fingerprint density at radius 2 is 1.57 bits per heavy atom. The fourth-order valence-corrected chi connectivity index (χ4v) is 2.88. The average molecular weight is 197 g/mol. The van der Waals surface area contributed by atoms with Gasteiger partial charge in [0.1, 0.15) is 0 Å². The molecule has 2 unspecified atom stereocenters. The van der Waals surface area contributed by atoms with Gasteiger partial charge in [0.05, 0.1) is 6.10 Å². The number of rotatable bonds is 3. The largest absolute Gasteiger partial charge is 0.392 e. The smallest absolute Gasteiger partial charge is 0.0693 e. The third kappa shape index (κ3) is 2.71. The predicted octanol–water partition coefficient (Wildman–Crippen LogP) is 2.07. The Morgan fingerprint density at radius 1 is 0.929 bits per heavy atom. The number of aliphatic hydroxyl groups excluding tert-OH is 1. The Bertz CT molecular complexity index is 166. The quantitative estimate of drug-likeness (QED) is 0.726. The topological polar surface area (TPSA) is 32.3 Å². The first-order valence-corrected chi connectivity index (χ1v) is 6.28. The van der Waals surface area contributed by atoms with Crippen LogP contribution in [0.4, 0.5) is 0 Å². The molecule has 0 radical (unpaired) electrons. The maximum atomic E-state index is 9.78. The van der Waals surface area contributed by atoms with Crippen molar-refractivity contribution < 1.29 is 5.11 Å². The van der Waals surface area contributed by atoms with E-state index in [2.05, 4.69) is 5.32 Å². The molecule has 0 saturated heterocycles. The highest BCUT2D eigenvalue weighted by Crippen LogP contribution is 2.25. The van der Waals surface area contributed by atoms with Gasteiger partial charge in [0, 0.05) is 6.04 Å². The van der Waals surface area contributed by atoms with Crippen molar-refractivity contribution in [1.29, 1.82) is 0 Å². The Morgan fingerprint density at radius 3 is 2.29 bits per heavy atom. The molecule has 0 aliphatic heterocycles. The second-order valence-corrected chi connectivity index (χ2v) is 5.02. The van der Waals surface area contributed by atoms with Crippen LogP contribution in [0.3, 0.4) is 0 Å². The maximum Gasteiger partial charge on any atom is 0.0693 e. The molecule has 2 aliphatic rings. The van der Waals surface area contributed by atoms with Crippen LogP contribution in [-0.2, 0) is 0 Å². The SMILES string of the molecule is OC1CCCCC1NCC1CCCC1. The fourth-order valence-electron chi connectivity index (χ4n) is 2.88. The van der Waals surface area contributed by atoms with Gasteiger partial charge in [-0.2, -0.15) is 0 Å². The van der Waals surface area contributed by atoms with Crippen LogP contribution in [0.1, 0.15) is 51.4 Å². The van der Waals surface area contributed by atoms with E-state index in [1.165, 1.54) is 44.9 Å². The number of aliphatic hydroxyl groups is 1. The van der Waals surface area contributed by atoms with E-state index in [9.17, 15) is 5.11 Å². The molecule has 0 heterocycles. The Balaban J connectivity index is 1.67. The molecule has 2 heteroatoms. The van der Waals surface area contributed by atoms with Crippen molar-refractivity contribution in [1.82, 2.24) is 5.32 Å². The maximum absolute atomic E-state index is 9.78. The molecule has 2 rings (SSSR count). The van der Waals surface area contributed by atoms with Crippen molar-refractivity contribution in [2.45, 2.75) is 63.5 Å². The molecule has 0 bridgehead atoms. The molecule has 0 amide bonds. The molecule has 0 aromatic heterocycles. The number of hydrogen-bond donors (Lipinski definition) is 2. The van der Waals surface area contributed by atoms with Crippen molar-refractivity contribution in [3.05, 3.63) is 0 Å². The van der Waals surface area contributed by atoms with E-state index in [1.54, 1.807) is 0 Å². The summed E-state index contributed by atoms with van der Waals surface area (Å²) >= 11 is 0. The van der Waals surface area contributed by atoms with Crippen molar-refractivity contribution in [3.63, 3.8) is 0 Å². The molecule has 2 saturated carbocycles. The van der Waals surface area contributed by atoms with Crippen LogP contribution in [0, 0.1) is 5.92 Å². The van der Waals surface area contributed by atoms with E-state index >= 15 is 0 Å². The zero-order chi connectivity index (χ0) is 9.80. The molecule has 0 aromatic rings. The zero-order valence-electron chi connectivity index (χ0n) is 9.04. The normalized spacial score (nSPS) is 34.9. The van der Waals surface area contributed by atoms with Crippen LogP contribution in [0.5, 0.6) is 0 Å². The highest BCUT2D eigenvalue weighted by molar-refractivity contribution is 4.82. The standard InChI is InChI=1S/C12H23NO/c14-12-8-4-3-7-11(12)13-9-10-5-1-2-6-10/h10-14H,1-9H2. The van der Waals surface area contributed by atoms with Gasteiger partial charge in [-0.25, -0.2) is 0 Å². The van der Waals surface area contributed by atoms with Gasteiger partial charge in [-0.1, -0.05) is 25.7 Å². The second kappa shape index (κ2) is 5.13. The first-order valence-electron chi connectivity index (χ1n) is 6.28. The summed E-state index contributed by atoms with van der Waals surface area (Å²) in [6, 6.07) is 0.393. The first kappa shape index (κ1) is 10.4. The summed E-state index contributed by atoms with van der Waals surface area (Å²) in [5.74, 6) is 0.893. The highest BCUT2D eigenvalue weighted by atomic mass is 16.3. The minimum Gasteiger partial charge on any atom is -0.392 e. The first-order chi connectivity index (χ1) is 6.86. The van der Waals surface area contributed by atoms with Gasteiger partial charge in [0.15, 0.2) is 0 Å². The van der Waals surface area contributed by atoms with Gasteiger partial charge < -0.3 is 10.4 Å². The zero-order valence-corrected chi connectivity index (χ0v) is 9.04. The van der Waals surface area contributed by atoms with Crippen molar-refractivity contribution >= 4 is 0 Å². The van der Waals surface area contributed by atoms with E-state index in [0.717, 1.165) is 18.9 Å². The van der Waals surface area contributed by atoms with Crippen LogP contribution in [0.25, 0.3) is 0 Å². The summed E-state index contributed by atoms with van der Waals surface area (Å²) in [6.45, 7) is 1.14. The van der Waals surface area contributed by atoms with Crippen molar-refractivity contribution in [2.24, 2.45) is 5.92 Å². The van der Waals surface area contributed by atoms with Crippen LogP contribution in [0.15, 0.2) is 0 Å². The van der Waals surface area contributed by atoms with Crippen LogP contribution < -0.4 is 5.32 Å². The van der Waals surface area contributed by atoms with Crippen LogP contribution in [-0.4, -0.2) is 23.8 Å². The lowest BCUT2D eigenvalue weighted by molar-refractivity contribution is 0.0890. The third-order valence-electron chi connectivity index (χ3n) is 3.87. The van der Waals surface area contributed by atoms with Crippen LogP contribution >= 0.6 is 0 Å². The molecule has 2 nitrogen and oxygen atoms in total. The molecule has 2 aliphatic carbocycles. The van der Waals surface area contributed by atoms with Crippen LogP contribution in [0.2, 0.25) is 0 Å². The van der Waals surface area contributed by atoms with Crippen molar-refractivity contribution in [3.8, 4) is 0 Å². The van der Waals surface area contributed by atoms with E-state index in [0.29, 0.717) is 6.04 Å². The third-order valence-corrected chi connectivity index (χ3v) is 3.87. The lowest BCUT2D eigenvalue weighted by atomic mass is 9.92. The number of nitrogens with one attached hydrogen (secondary N) is 1. The van der Waals surface area contributed by atoms with Gasteiger partial charge in [-0.3, -0.25) is 0 Å². The van der Waals surface area contributed by atoms with E-state index in [-0.39, 0.29) is 6.10 Å². The van der Waals surface area contributed by atoms with Gasteiger partial charge in [-0.15, -0.1) is 0 Å². The second-order valence-electron chi connectivity index (χ2n) is 5.02. The fraction of sp³-hybridized carbons (Fsp3) is 1.00. The molecule has 2 N–H and O–H groups in total. The minimum absolute atomic E-state index is 0.0786. The molecule has 2 atom stereocenters. The molecule has 82 valence electrons. The number of hydrogen-bond acceptors (Lipinski definition) is 2. The van der Waals surface area contributed by atoms with Gasteiger partial charge in [0.2, 0.25) is 0 Å². The van der Waals surface area contributed by atoms with Crippen molar-refractivity contribution in [2.75, 3.05) is 6.54 Å². The summed E-state index contributed by atoms with van der Waals surface area (Å²) in [7, 11) is 0. The molecule has 2 fully saturated rings. The molecule has 0 aromatic carbocycles. The Labute approximate surface area is 87.1 Å². The summed E-state index contributed by atoms with van der Waals surface area (Å²) in [4.78, 5) is 0. The monoisotopic (exact) mass is 197 g/mol.